The highest BCUT2D eigenvalue weighted by atomic mass is 79.9. The Morgan fingerprint density at radius 3 is 2.54 bits per heavy atom. The number of hydrazine groups is 1. The monoisotopic (exact) mass is 408 g/mol. The minimum absolute atomic E-state index is 0.440. The van der Waals surface area contributed by atoms with Gasteiger partial charge in [-0.05, 0) is 29.8 Å². The van der Waals surface area contributed by atoms with Crippen LogP contribution in [0.5, 0.6) is 0 Å². The van der Waals surface area contributed by atoms with Crippen LogP contribution in [0.1, 0.15) is 0 Å². The average molecular weight is 409 g/mol. The van der Waals surface area contributed by atoms with Gasteiger partial charge in [0.25, 0.3) is 0 Å². The largest absolute Gasteiger partial charge is 0.382 e. The van der Waals surface area contributed by atoms with Crippen molar-refractivity contribution in [1.82, 2.24) is 14.8 Å². The van der Waals surface area contributed by atoms with Crippen molar-refractivity contribution in [3.8, 4) is 11.1 Å². The Morgan fingerprint density at radius 1 is 1.00 bits per heavy atom. The van der Waals surface area contributed by atoms with Crippen LogP contribution in [-0.2, 0) is 7.05 Å². The normalized spacial score (nSPS) is 10.8. The number of rotatable bonds is 4. The number of aromatic nitrogens is 3. The molecule has 4 rings (SSSR count). The molecule has 0 aliphatic heterocycles. The Kier molecular flexibility index (Phi) is 4.22. The Hall–Kier alpha value is -3.06. The quantitative estimate of drug-likeness (QED) is 0.435. The zero-order valence-electron chi connectivity index (χ0n) is 14.1. The lowest BCUT2D eigenvalue weighted by atomic mass is 10.1. The third-order valence-electron chi connectivity index (χ3n) is 4.14. The Bertz CT molecular complexity index is 1070. The maximum atomic E-state index is 6.07. The number of nitrogens with two attached hydrogens (primary N) is 1. The summed E-state index contributed by atoms with van der Waals surface area (Å²) in [6.07, 6.45) is 5.60. The van der Waals surface area contributed by atoms with Crippen molar-refractivity contribution in [2.24, 2.45) is 7.05 Å². The smallest absolute Gasteiger partial charge is 0.149 e. The first-order valence-electron chi connectivity index (χ1n) is 8.05. The molecule has 0 spiro atoms. The van der Waals surface area contributed by atoms with Crippen LogP contribution in [0.2, 0.25) is 0 Å². The fraction of sp³-hybridized carbons (Fsp3) is 0.0526. The number of anilines is 3. The first-order valence-corrected chi connectivity index (χ1v) is 8.84. The highest BCUT2D eigenvalue weighted by Crippen LogP contribution is 2.30. The minimum Gasteiger partial charge on any atom is -0.382 e. The fourth-order valence-electron chi connectivity index (χ4n) is 2.78. The first-order chi connectivity index (χ1) is 12.6. The van der Waals surface area contributed by atoms with Gasteiger partial charge in [0.15, 0.2) is 0 Å². The van der Waals surface area contributed by atoms with E-state index < -0.39 is 0 Å². The summed E-state index contributed by atoms with van der Waals surface area (Å²) >= 11 is 3.50. The van der Waals surface area contributed by atoms with E-state index in [0.29, 0.717) is 5.82 Å². The van der Waals surface area contributed by atoms with E-state index in [4.69, 9.17) is 5.73 Å². The van der Waals surface area contributed by atoms with Crippen LogP contribution in [0.4, 0.5) is 17.2 Å². The molecular weight excluding hydrogens is 392 g/mol. The molecule has 130 valence electrons. The molecule has 2 aromatic heterocycles. The van der Waals surface area contributed by atoms with Gasteiger partial charge in [0.05, 0.1) is 11.9 Å². The number of hydrogen-bond acceptors (Lipinski definition) is 5. The van der Waals surface area contributed by atoms with E-state index in [0.717, 1.165) is 37.7 Å². The van der Waals surface area contributed by atoms with Gasteiger partial charge in [0, 0.05) is 40.2 Å². The van der Waals surface area contributed by atoms with Crippen LogP contribution < -0.4 is 16.6 Å². The molecule has 6 nitrogen and oxygen atoms in total. The summed E-state index contributed by atoms with van der Waals surface area (Å²) in [6.45, 7) is 0. The second-order valence-corrected chi connectivity index (χ2v) is 6.90. The van der Waals surface area contributed by atoms with Crippen molar-refractivity contribution >= 4 is 43.9 Å². The lowest BCUT2D eigenvalue weighted by molar-refractivity contribution is 0.768. The predicted molar refractivity (Wildman–Crippen MR) is 110 cm³/mol. The highest BCUT2D eigenvalue weighted by molar-refractivity contribution is 9.10. The van der Waals surface area contributed by atoms with E-state index in [2.05, 4.69) is 36.9 Å². The van der Waals surface area contributed by atoms with Gasteiger partial charge < -0.3 is 11.2 Å². The van der Waals surface area contributed by atoms with Gasteiger partial charge in [0.2, 0.25) is 0 Å². The van der Waals surface area contributed by atoms with Gasteiger partial charge in [-0.2, -0.15) is 5.10 Å². The molecule has 26 heavy (non-hydrogen) atoms. The standard InChI is InChI=1S/C19H17BrN6/c1-26-11-14(10-23-26)12-3-6-16(7-4-12)24-25-18-17-8-15(20)5-2-13(17)9-22-19(18)21/h2-11,24-25H,1H3,(H2,21,22). The van der Waals surface area contributed by atoms with Crippen molar-refractivity contribution in [2.75, 3.05) is 16.6 Å². The Balaban J connectivity index is 1.57. The van der Waals surface area contributed by atoms with Crippen molar-refractivity contribution in [3.63, 3.8) is 0 Å². The molecule has 2 heterocycles. The number of hydrogen-bond donors (Lipinski definition) is 3. The van der Waals surface area contributed by atoms with E-state index >= 15 is 0 Å². The van der Waals surface area contributed by atoms with E-state index in [1.165, 1.54) is 0 Å². The Labute approximate surface area is 159 Å². The summed E-state index contributed by atoms with van der Waals surface area (Å²) in [6, 6.07) is 14.1. The van der Waals surface area contributed by atoms with Gasteiger partial charge in [0.1, 0.15) is 11.5 Å². The molecule has 4 aromatic rings. The third kappa shape index (κ3) is 3.21. The Morgan fingerprint density at radius 2 is 1.81 bits per heavy atom. The maximum Gasteiger partial charge on any atom is 0.149 e. The molecule has 0 fully saturated rings. The second-order valence-electron chi connectivity index (χ2n) is 5.98. The zero-order valence-corrected chi connectivity index (χ0v) is 15.7. The summed E-state index contributed by atoms with van der Waals surface area (Å²) in [7, 11) is 1.91. The summed E-state index contributed by atoms with van der Waals surface area (Å²) in [4.78, 5) is 4.26. The number of halogens is 1. The number of nitrogen functional groups attached to an aromatic ring is 1. The molecule has 0 atom stereocenters. The zero-order chi connectivity index (χ0) is 18.1. The molecule has 0 radical (unpaired) electrons. The van der Waals surface area contributed by atoms with Crippen molar-refractivity contribution in [2.45, 2.75) is 0 Å². The highest BCUT2D eigenvalue weighted by Gasteiger charge is 2.07. The SMILES string of the molecule is Cn1cc(-c2ccc(NNc3c(N)ncc4ccc(Br)cc34)cc2)cn1. The molecule has 0 aliphatic rings. The number of nitrogens with zero attached hydrogens (tertiary/aromatic N) is 3. The summed E-state index contributed by atoms with van der Waals surface area (Å²) in [5.74, 6) is 0.440. The van der Waals surface area contributed by atoms with Gasteiger partial charge in [-0.15, -0.1) is 0 Å². The molecule has 4 N–H and O–H groups in total. The van der Waals surface area contributed by atoms with Crippen molar-refractivity contribution in [3.05, 3.63) is 65.5 Å². The van der Waals surface area contributed by atoms with Crippen LogP contribution in [0, 0.1) is 0 Å². The molecule has 7 heteroatoms. The number of benzene rings is 2. The topological polar surface area (TPSA) is 80.8 Å². The molecule has 0 bridgehead atoms. The third-order valence-corrected chi connectivity index (χ3v) is 4.63. The molecular formula is C19H17BrN6. The molecule has 2 aromatic carbocycles. The van der Waals surface area contributed by atoms with Crippen LogP contribution in [0.25, 0.3) is 21.9 Å². The van der Waals surface area contributed by atoms with Crippen LogP contribution in [0.3, 0.4) is 0 Å². The number of aryl methyl sites for hydroxylation is 1. The number of fused-ring (bicyclic) bond motifs is 1. The summed E-state index contributed by atoms with van der Waals surface area (Å²) < 4.78 is 2.77. The lowest BCUT2D eigenvalue weighted by Gasteiger charge is -2.14. The van der Waals surface area contributed by atoms with Gasteiger partial charge in [-0.25, -0.2) is 4.98 Å². The van der Waals surface area contributed by atoms with E-state index in [1.807, 2.05) is 61.9 Å². The van der Waals surface area contributed by atoms with Crippen molar-refractivity contribution < 1.29 is 0 Å². The van der Waals surface area contributed by atoms with E-state index in [-0.39, 0.29) is 0 Å². The second kappa shape index (κ2) is 6.68. The minimum atomic E-state index is 0.440. The van der Waals surface area contributed by atoms with Gasteiger partial charge >= 0.3 is 0 Å². The average Bonchev–Trinajstić information content (AvgIpc) is 3.08. The molecule has 0 saturated carbocycles. The number of nitrogens with one attached hydrogen (secondary N) is 2. The van der Waals surface area contributed by atoms with Crippen LogP contribution in [-0.4, -0.2) is 14.8 Å². The first kappa shape index (κ1) is 16.4. The van der Waals surface area contributed by atoms with Crippen LogP contribution in [0.15, 0.2) is 65.5 Å². The summed E-state index contributed by atoms with van der Waals surface area (Å²) in [5, 5.41) is 6.21. The maximum absolute atomic E-state index is 6.07. The molecule has 0 aliphatic carbocycles. The van der Waals surface area contributed by atoms with Crippen molar-refractivity contribution in [1.29, 1.82) is 0 Å². The van der Waals surface area contributed by atoms with Gasteiger partial charge in [-0.3, -0.25) is 10.1 Å². The molecule has 0 unspecified atom stereocenters. The van der Waals surface area contributed by atoms with Crippen LogP contribution >= 0.6 is 15.9 Å². The fourth-order valence-corrected chi connectivity index (χ4v) is 3.14. The van der Waals surface area contributed by atoms with Gasteiger partial charge in [-0.1, -0.05) is 34.1 Å². The van der Waals surface area contributed by atoms with E-state index in [1.54, 1.807) is 10.9 Å². The molecule has 0 saturated heterocycles. The van der Waals surface area contributed by atoms with E-state index in [9.17, 15) is 0 Å². The predicted octanol–water partition coefficient (Wildman–Crippen LogP) is 4.42. The summed E-state index contributed by atoms with van der Waals surface area (Å²) in [5.41, 5.74) is 16.3. The lowest BCUT2D eigenvalue weighted by Crippen LogP contribution is -2.11. The molecule has 0 amide bonds. The number of pyridine rings is 1.